The molecule has 0 unspecified atom stereocenters. The Balaban J connectivity index is 1.80. The van der Waals surface area contributed by atoms with E-state index in [0.717, 1.165) is 10.4 Å². The standard InChI is InChI=1S/C19H19N3O4S/c1-3-20-17(24)12(2)26-16(23)10-22-11-21-18-14(19(22)25)9-15(27-18)13-7-5-4-6-8-13/h4-9,11-12H,3,10H2,1-2H3,(H,20,24)/t12-/m0/s1. The highest BCUT2D eigenvalue weighted by Crippen LogP contribution is 2.30. The summed E-state index contributed by atoms with van der Waals surface area (Å²) in [5, 5.41) is 3.02. The number of likely N-dealkylation sites (N-methyl/N-ethyl adjacent to an activating group) is 1. The fraction of sp³-hybridized carbons (Fsp3) is 0.263. The van der Waals surface area contributed by atoms with Gasteiger partial charge < -0.3 is 10.1 Å². The summed E-state index contributed by atoms with van der Waals surface area (Å²) in [6, 6.07) is 11.5. The van der Waals surface area contributed by atoms with E-state index >= 15 is 0 Å². The average Bonchev–Trinajstić information content (AvgIpc) is 3.10. The number of nitrogens with zero attached hydrogens (tertiary/aromatic N) is 2. The lowest BCUT2D eigenvalue weighted by Crippen LogP contribution is -2.37. The summed E-state index contributed by atoms with van der Waals surface area (Å²) >= 11 is 1.42. The van der Waals surface area contributed by atoms with Gasteiger partial charge in [0.2, 0.25) is 0 Å². The van der Waals surface area contributed by atoms with Crippen LogP contribution >= 0.6 is 11.3 Å². The molecule has 0 aliphatic rings. The Morgan fingerprint density at radius 3 is 2.74 bits per heavy atom. The molecule has 0 spiro atoms. The minimum Gasteiger partial charge on any atom is -0.451 e. The molecule has 27 heavy (non-hydrogen) atoms. The topological polar surface area (TPSA) is 90.3 Å². The van der Waals surface area contributed by atoms with E-state index in [-0.39, 0.29) is 18.0 Å². The number of rotatable bonds is 6. The predicted molar refractivity (Wildman–Crippen MR) is 104 cm³/mol. The van der Waals surface area contributed by atoms with Crippen molar-refractivity contribution >= 4 is 33.4 Å². The molecule has 1 aromatic carbocycles. The maximum absolute atomic E-state index is 12.7. The van der Waals surface area contributed by atoms with Gasteiger partial charge in [0.25, 0.3) is 11.5 Å². The number of nitrogens with one attached hydrogen (secondary N) is 1. The lowest BCUT2D eigenvalue weighted by molar-refractivity contribution is -0.155. The first kappa shape index (κ1) is 18.8. The van der Waals surface area contributed by atoms with Crippen LogP contribution in [0, 0.1) is 0 Å². The van der Waals surface area contributed by atoms with Crippen LogP contribution < -0.4 is 10.9 Å². The van der Waals surface area contributed by atoms with Gasteiger partial charge in [-0.2, -0.15) is 0 Å². The molecule has 2 aromatic heterocycles. The third-order valence-corrected chi connectivity index (χ3v) is 5.00. The zero-order valence-electron chi connectivity index (χ0n) is 15.0. The minimum atomic E-state index is -0.921. The van der Waals surface area contributed by atoms with E-state index in [1.165, 1.54) is 29.2 Å². The van der Waals surface area contributed by atoms with Crippen molar-refractivity contribution in [3.05, 3.63) is 53.1 Å². The van der Waals surface area contributed by atoms with Crippen molar-refractivity contribution in [2.24, 2.45) is 0 Å². The fourth-order valence-electron chi connectivity index (χ4n) is 2.56. The normalized spacial score (nSPS) is 11.9. The number of aromatic nitrogens is 2. The maximum Gasteiger partial charge on any atom is 0.326 e. The second kappa shape index (κ2) is 8.13. The van der Waals surface area contributed by atoms with E-state index in [2.05, 4.69) is 10.3 Å². The fourth-order valence-corrected chi connectivity index (χ4v) is 3.56. The molecule has 8 heteroatoms. The Labute approximate surface area is 159 Å². The van der Waals surface area contributed by atoms with Gasteiger partial charge in [-0.25, -0.2) is 4.98 Å². The Hall–Kier alpha value is -3.00. The minimum absolute atomic E-state index is 0.304. The van der Waals surface area contributed by atoms with Gasteiger partial charge in [-0.1, -0.05) is 30.3 Å². The van der Waals surface area contributed by atoms with Gasteiger partial charge in [0.05, 0.1) is 11.7 Å². The first-order valence-corrected chi connectivity index (χ1v) is 9.33. The van der Waals surface area contributed by atoms with Crippen LogP contribution in [-0.2, 0) is 20.9 Å². The quantitative estimate of drug-likeness (QED) is 0.657. The molecule has 0 bridgehead atoms. The van der Waals surface area contributed by atoms with Crippen LogP contribution in [0.1, 0.15) is 13.8 Å². The number of carbonyl (C=O) groups excluding carboxylic acids is 2. The molecular formula is C19H19N3O4S. The number of hydrogen-bond acceptors (Lipinski definition) is 6. The van der Waals surface area contributed by atoms with Gasteiger partial charge in [-0.15, -0.1) is 11.3 Å². The second-order valence-corrected chi connectivity index (χ2v) is 6.93. The maximum atomic E-state index is 12.7. The molecule has 3 aromatic rings. The Morgan fingerprint density at radius 2 is 2.04 bits per heavy atom. The molecule has 140 valence electrons. The summed E-state index contributed by atoms with van der Waals surface area (Å²) in [7, 11) is 0. The molecule has 7 nitrogen and oxygen atoms in total. The monoisotopic (exact) mass is 385 g/mol. The highest BCUT2D eigenvalue weighted by Gasteiger charge is 2.18. The molecule has 0 saturated heterocycles. The molecule has 1 atom stereocenters. The van der Waals surface area contributed by atoms with Crippen molar-refractivity contribution in [3.63, 3.8) is 0 Å². The Bertz CT molecular complexity index is 1030. The van der Waals surface area contributed by atoms with Crippen molar-refractivity contribution in [1.29, 1.82) is 0 Å². The molecule has 3 rings (SSSR count). The molecule has 0 fully saturated rings. The van der Waals surface area contributed by atoms with Crippen molar-refractivity contribution in [2.75, 3.05) is 6.54 Å². The van der Waals surface area contributed by atoms with Crippen LogP contribution in [-0.4, -0.2) is 34.1 Å². The van der Waals surface area contributed by atoms with Gasteiger partial charge in [-0.05, 0) is 25.5 Å². The molecular weight excluding hydrogens is 366 g/mol. The summed E-state index contributed by atoms with van der Waals surface area (Å²) in [5.74, 6) is -1.05. The van der Waals surface area contributed by atoms with E-state index in [9.17, 15) is 14.4 Å². The van der Waals surface area contributed by atoms with E-state index in [1.54, 1.807) is 13.0 Å². The highest BCUT2D eigenvalue weighted by molar-refractivity contribution is 7.21. The first-order chi connectivity index (χ1) is 13.0. The smallest absolute Gasteiger partial charge is 0.326 e. The number of fused-ring (bicyclic) bond motifs is 1. The molecule has 0 aliphatic carbocycles. The second-order valence-electron chi connectivity index (χ2n) is 5.90. The predicted octanol–water partition coefficient (Wildman–Crippen LogP) is 2.19. The van der Waals surface area contributed by atoms with Crippen molar-refractivity contribution in [3.8, 4) is 10.4 Å². The third-order valence-electron chi connectivity index (χ3n) is 3.90. The van der Waals surface area contributed by atoms with Crippen LogP contribution in [0.25, 0.3) is 20.7 Å². The van der Waals surface area contributed by atoms with Gasteiger partial charge >= 0.3 is 5.97 Å². The molecule has 0 saturated carbocycles. The zero-order valence-corrected chi connectivity index (χ0v) is 15.8. The van der Waals surface area contributed by atoms with Crippen LogP contribution in [0.4, 0.5) is 0 Å². The number of ether oxygens (including phenoxy) is 1. The van der Waals surface area contributed by atoms with Crippen molar-refractivity contribution < 1.29 is 14.3 Å². The molecule has 2 heterocycles. The summed E-state index contributed by atoms with van der Waals surface area (Å²) in [6.07, 6.45) is 0.407. The van der Waals surface area contributed by atoms with Crippen LogP contribution in [0.15, 0.2) is 47.5 Å². The van der Waals surface area contributed by atoms with Gasteiger partial charge in [-0.3, -0.25) is 19.0 Å². The number of benzene rings is 1. The molecule has 0 radical (unpaired) electrons. The lowest BCUT2D eigenvalue weighted by Gasteiger charge is -2.13. The van der Waals surface area contributed by atoms with Crippen LogP contribution in [0.2, 0.25) is 0 Å². The number of thiophene rings is 1. The molecule has 1 N–H and O–H groups in total. The third kappa shape index (κ3) is 4.22. The van der Waals surface area contributed by atoms with Crippen molar-refractivity contribution in [1.82, 2.24) is 14.9 Å². The first-order valence-electron chi connectivity index (χ1n) is 8.51. The number of carbonyl (C=O) groups is 2. The van der Waals surface area contributed by atoms with Crippen molar-refractivity contribution in [2.45, 2.75) is 26.5 Å². The number of esters is 1. The number of hydrogen-bond donors (Lipinski definition) is 1. The average molecular weight is 385 g/mol. The van der Waals surface area contributed by atoms with Crippen LogP contribution in [0.3, 0.4) is 0 Å². The lowest BCUT2D eigenvalue weighted by atomic mass is 10.2. The largest absolute Gasteiger partial charge is 0.451 e. The Morgan fingerprint density at radius 1 is 1.30 bits per heavy atom. The SMILES string of the molecule is CCNC(=O)[C@H](C)OC(=O)Cn1cnc2sc(-c3ccccc3)cc2c1=O. The number of amides is 1. The van der Waals surface area contributed by atoms with Gasteiger partial charge in [0.1, 0.15) is 11.4 Å². The van der Waals surface area contributed by atoms with E-state index in [0.29, 0.717) is 16.8 Å². The van der Waals surface area contributed by atoms with E-state index in [1.807, 2.05) is 30.3 Å². The Kier molecular flexibility index (Phi) is 5.66. The molecule has 0 aliphatic heterocycles. The molecule has 1 amide bonds. The summed E-state index contributed by atoms with van der Waals surface area (Å²) in [5.41, 5.74) is 0.683. The summed E-state index contributed by atoms with van der Waals surface area (Å²) in [4.78, 5) is 42.2. The van der Waals surface area contributed by atoms with E-state index in [4.69, 9.17) is 4.74 Å². The summed E-state index contributed by atoms with van der Waals surface area (Å²) < 4.78 is 6.27. The van der Waals surface area contributed by atoms with Crippen LogP contribution in [0.5, 0.6) is 0 Å². The zero-order chi connectivity index (χ0) is 19.4. The summed E-state index contributed by atoms with van der Waals surface area (Å²) in [6.45, 7) is 3.40. The van der Waals surface area contributed by atoms with Gasteiger partial charge in [0, 0.05) is 11.4 Å². The highest BCUT2D eigenvalue weighted by atomic mass is 32.1. The van der Waals surface area contributed by atoms with E-state index < -0.39 is 12.1 Å². The van der Waals surface area contributed by atoms with Gasteiger partial charge in [0.15, 0.2) is 6.10 Å².